The summed E-state index contributed by atoms with van der Waals surface area (Å²) in [5, 5.41) is 15.4. The van der Waals surface area contributed by atoms with E-state index in [-0.39, 0.29) is 12.5 Å². The molecule has 0 aliphatic rings. The fourth-order valence-electron chi connectivity index (χ4n) is 2.63. The lowest BCUT2D eigenvalue weighted by Gasteiger charge is -2.24. The van der Waals surface area contributed by atoms with Crippen LogP contribution in [-0.4, -0.2) is 42.2 Å². The Morgan fingerprint density at radius 3 is 2.48 bits per heavy atom. The number of amides is 2. The molecule has 1 aromatic carbocycles. The van der Waals surface area contributed by atoms with Crippen molar-refractivity contribution in [1.29, 1.82) is 0 Å². The van der Waals surface area contributed by atoms with Crippen LogP contribution in [0.5, 0.6) is 5.75 Å². The van der Waals surface area contributed by atoms with Gasteiger partial charge in [-0.25, -0.2) is 4.39 Å². The summed E-state index contributed by atoms with van der Waals surface area (Å²) in [6.07, 6.45) is -0.588. The van der Waals surface area contributed by atoms with Crippen LogP contribution in [0.1, 0.15) is 39.2 Å². The van der Waals surface area contributed by atoms with E-state index in [4.69, 9.17) is 10.5 Å². The highest BCUT2D eigenvalue weighted by Crippen LogP contribution is 2.16. The third-order valence-electron chi connectivity index (χ3n) is 4.11. The van der Waals surface area contributed by atoms with Gasteiger partial charge in [-0.3, -0.25) is 9.59 Å². The van der Waals surface area contributed by atoms with Crippen molar-refractivity contribution < 1.29 is 23.8 Å². The molecule has 8 heteroatoms. The Hall–Kier alpha value is -2.19. The van der Waals surface area contributed by atoms with Crippen LogP contribution >= 0.6 is 0 Å². The van der Waals surface area contributed by atoms with Gasteiger partial charge in [-0.05, 0) is 36.5 Å². The molecule has 0 aromatic heterocycles. The minimum absolute atomic E-state index is 0.0151. The highest BCUT2D eigenvalue weighted by atomic mass is 19.1. The molecule has 152 valence electrons. The number of aliphatic hydroxyl groups excluding tert-OH is 1. The molecule has 1 aromatic rings. The van der Waals surface area contributed by atoms with E-state index in [0.717, 1.165) is 0 Å². The van der Waals surface area contributed by atoms with Gasteiger partial charge in [0, 0.05) is 12.6 Å². The van der Waals surface area contributed by atoms with Crippen molar-refractivity contribution in [3.63, 3.8) is 0 Å². The second kappa shape index (κ2) is 10.8. The van der Waals surface area contributed by atoms with Gasteiger partial charge in [0.2, 0.25) is 5.91 Å². The molecule has 0 spiro atoms. The van der Waals surface area contributed by atoms with Gasteiger partial charge in [0.15, 0.2) is 6.10 Å². The lowest BCUT2D eigenvalue weighted by molar-refractivity contribution is -0.132. The van der Waals surface area contributed by atoms with E-state index in [1.807, 2.05) is 13.8 Å². The molecule has 0 radical (unpaired) electrons. The number of nitrogens with one attached hydrogen (secondary N) is 2. The van der Waals surface area contributed by atoms with Crippen molar-refractivity contribution in [3.05, 3.63) is 29.6 Å². The van der Waals surface area contributed by atoms with Crippen molar-refractivity contribution in [3.8, 4) is 5.75 Å². The maximum atomic E-state index is 13.5. The third-order valence-corrected chi connectivity index (χ3v) is 4.11. The zero-order valence-corrected chi connectivity index (χ0v) is 16.3. The molecule has 5 N–H and O–H groups in total. The summed E-state index contributed by atoms with van der Waals surface area (Å²) < 4.78 is 18.5. The Bertz CT molecular complexity index is 639. The van der Waals surface area contributed by atoms with Crippen LogP contribution in [0.2, 0.25) is 0 Å². The summed E-state index contributed by atoms with van der Waals surface area (Å²) in [4.78, 5) is 24.3. The van der Waals surface area contributed by atoms with Crippen molar-refractivity contribution in [2.75, 3.05) is 7.11 Å². The van der Waals surface area contributed by atoms with Crippen LogP contribution in [0, 0.1) is 11.7 Å². The van der Waals surface area contributed by atoms with Crippen LogP contribution < -0.4 is 21.1 Å². The number of hydrogen-bond donors (Lipinski definition) is 4. The number of halogens is 1. The molecule has 0 saturated heterocycles. The lowest BCUT2D eigenvalue weighted by atomic mass is 10.0. The number of ether oxygens (including phenoxy) is 1. The molecule has 0 bridgehead atoms. The first-order valence-electron chi connectivity index (χ1n) is 9.03. The van der Waals surface area contributed by atoms with Crippen molar-refractivity contribution in [2.45, 2.75) is 58.3 Å². The number of methoxy groups -OCH3 is 1. The van der Waals surface area contributed by atoms with Crippen molar-refractivity contribution >= 4 is 11.8 Å². The molecule has 0 saturated carbocycles. The van der Waals surface area contributed by atoms with Crippen LogP contribution in [-0.2, 0) is 16.1 Å². The van der Waals surface area contributed by atoms with Gasteiger partial charge in [0.25, 0.3) is 5.91 Å². The molecule has 0 heterocycles. The van der Waals surface area contributed by atoms with Gasteiger partial charge in [-0.1, -0.05) is 20.8 Å². The average molecular weight is 383 g/mol. The largest absolute Gasteiger partial charge is 0.497 e. The Labute approximate surface area is 159 Å². The fraction of sp³-hybridized carbons (Fsp3) is 0.579. The predicted molar refractivity (Wildman–Crippen MR) is 100 cm³/mol. The van der Waals surface area contributed by atoms with Gasteiger partial charge in [-0.2, -0.15) is 0 Å². The molecule has 2 amide bonds. The minimum atomic E-state index is -1.44. The second-order valence-corrected chi connectivity index (χ2v) is 6.92. The highest BCUT2D eigenvalue weighted by Gasteiger charge is 2.28. The number of rotatable bonds is 10. The number of nitrogens with two attached hydrogens (primary N) is 1. The first-order valence-corrected chi connectivity index (χ1v) is 9.03. The fourth-order valence-corrected chi connectivity index (χ4v) is 2.63. The molecule has 0 fully saturated rings. The highest BCUT2D eigenvalue weighted by molar-refractivity contribution is 5.85. The number of aliphatic hydroxyl groups is 1. The Morgan fingerprint density at radius 1 is 1.26 bits per heavy atom. The first-order chi connectivity index (χ1) is 12.7. The number of carbonyl (C=O) groups excluding carboxylic acids is 2. The van der Waals surface area contributed by atoms with Gasteiger partial charge in [0.05, 0.1) is 19.2 Å². The second-order valence-electron chi connectivity index (χ2n) is 6.92. The summed E-state index contributed by atoms with van der Waals surface area (Å²) in [6.45, 7) is 5.66. The normalized spacial score (nSPS) is 14.4. The minimum Gasteiger partial charge on any atom is -0.497 e. The molecule has 7 nitrogen and oxygen atoms in total. The average Bonchev–Trinajstić information content (AvgIpc) is 2.62. The SMILES string of the molecule is CCC(NC(=O)[C@@H](N)CC(C)C)C(O)C(=O)NCc1cc(F)cc(OC)c1. The zero-order valence-electron chi connectivity index (χ0n) is 16.3. The zero-order chi connectivity index (χ0) is 20.6. The van der Waals surface area contributed by atoms with Gasteiger partial charge in [-0.15, -0.1) is 0 Å². The quantitative estimate of drug-likeness (QED) is 0.483. The maximum Gasteiger partial charge on any atom is 0.251 e. The Kier molecular flexibility index (Phi) is 9.17. The van der Waals surface area contributed by atoms with E-state index >= 15 is 0 Å². The molecular formula is C19H30FN3O4. The molecule has 1 rings (SSSR count). The Balaban J connectivity index is 2.64. The number of hydrogen-bond acceptors (Lipinski definition) is 5. The molecule has 0 aliphatic carbocycles. The van der Waals surface area contributed by atoms with E-state index in [2.05, 4.69) is 10.6 Å². The van der Waals surface area contributed by atoms with Crippen molar-refractivity contribution in [1.82, 2.24) is 10.6 Å². The van der Waals surface area contributed by atoms with Crippen LogP contribution in [0.15, 0.2) is 18.2 Å². The summed E-state index contributed by atoms with van der Waals surface area (Å²) in [6, 6.07) is 2.61. The molecule has 3 atom stereocenters. The van der Waals surface area contributed by atoms with Crippen LogP contribution in [0.3, 0.4) is 0 Å². The van der Waals surface area contributed by atoms with E-state index in [1.165, 1.54) is 19.2 Å². The lowest BCUT2D eigenvalue weighted by Crippen LogP contribution is -2.53. The van der Waals surface area contributed by atoms with Crippen molar-refractivity contribution in [2.24, 2.45) is 11.7 Å². The van der Waals surface area contributed by atoms with Gasteiger partial charge < -0.3 is 26.2 Å². The maximum absolute atomic E-state index is 13.5. The molecular weight excluding hydrogens is 353 g/mol. The first kappa shape index (κ1) is 22.9. The summed E-state index contributed by atoms with van der Waals surface area (Å²) in [5.74, 6) is -0.975. The Morgan fingerprint density at radius 2 is 1.93 bits per heavy atom. The van der Waals surface area contributed by atoms with E-state index < -0.39 is 35.8 Å². The molecule has 0 aliphatic heterocycles. The number of carbonyl (C=O) groups is 2. The summed E-state index contributed by atoms with van der Waals surface area (Å²) >= 11 is 0. The van der Waals surface area contributed by atoms with E-state index in [9.17, 15) is 19.1 Å². The van der Waals surface area contributed by atoms with E-state index in [1.54, 1.807) is 13.0 Å². The van der Waals surface area contributed by atoms with Crippen LogP contribution in [0.25, 0.3) is 0 Å². The summed E-state index contributed by atoms with van der Waals surface area (Å²) in [5.41, 5.74) is 6.32. The monoisotopic (exact) mass is 383 g/mol. The third kappa shape index (κ3) is 7.52. The predicted octanol–water partition coefficient (Wildman–Crippen LogP) is 1.08. The topological polar surface area (TPSA) is 114 Å². The standard InChI is InChI=1S/C19H30FN3O4/c1-5-16(23-18(25)15(21)6-11(2)3)17(24)19(26)22-10-12-7-13(20)9-14(8-12)27-4/h7-9,11,15-17,24H,5-6,10,21H2,1-4H3,(H,22,26)(H,23,25)/t15-,16?,17?/m0/s1. The smallest absolute Gasteiger partial charge is 0.251 e. The number of benzene rings is 1. The van der Waals surface area contributed by atoms with Gasteiger partial charge >= 0.3 is 0 Å². The van der Waals surface area contributed by atoms with Crippen LogP contribution in [0.4, 0.5) is 4.39 Å². The summed E-state index contributed by atoms with van der Waals surface area (Å²) in [7, 11) is 1.42. The van der Waals surface area contributed by atoms with E-state index in [0.29, 0.717) is 24.2 Å². The molecule has 27 heavy (non-hydrogen) atoms. The molecule has 2 unspecified atom stereocenters. The van der Waals surface area contributed by atoms with Gasteiger partial charge in [0.1, 0.15) is 11.6 Å².